The minimum absolute atomic E-state index is 0.00821. The van der Waals surface area contributed by atoms with E-state index in [2.05, 4.69) is 5.32 Å². The number of aryl methyl sites for hydroxylation is 1. The summed E-state index contributed by atoms with van der Waals surface area (Å²) in [6.45, 7) is 1.36. The van der Waals surface area contributed by atoms with Crippen LogP contribution in [0.2, 0.25) is 0 Å². The van der Waals surface area contributed by atoms with Crippen molar-refractivity contribution in [2.45, 2.75) is 6.10 Å². The Labute approximate surface area is 184 Å². The molecule has 1 fully saturated rings. The van der Waals surface area contributed by atoms with Crippen LogP contribution in [0.15, 0.2) is 54.7 Å². The van der Waals surface area contributed by atoms with Gasteiger partial charge in [0.1, 0.15) is 6.10 Å². The number of carbonyl (C=O) groups excluding carboxylic acids is 2. The molecule has 2 amide bonds. The summed E-state index contributed by atoms with van der Waals surface area (Å²) in [6.07, 6.45) is 1.55. The standard InChI is InChI=1S/C24H23N3O3S/c1-25-23(28)22-21(16-8-4-6-10-20(16)31-22)19-14-27(11-12-30-19)24(29)17-13-26(2)18-9-5-3-7-15(17)18/h3-10,13,19H,11-12,14H2,1-2H3,(H,25,28). The largest absolute Gasteiger partial charge is 0.370 e. The van der Waals surface area contributed by atoms with Gasteiger partial charge in [0.2, 0.25) is 0 Å². The molecule has 0 radical (unpaired) electrons. The van der Waals surface area contributed by atoms with Gasteiger partial charge in [-0.25, -0.2) is 0 Å². The molecule has 0 bridgehead atoms. The lowest BCUT2D eigenvalue weighted by atomic mass is 10.0. The Balaban J connectivity index is 1.51. The molecule has 2 aromatic carbocycles. The number of amides is 2. The van der Waals surface area contributed by atoms with Crippen molar-refractivity contribution in [1.82, 2.24) is 14.8 Å². The number of rotatable bonds is 3. The van der Waals surface area contributed by atoms with E-state index >= 15 is 0 Å². The van der Waals surface area contributed by atoms with E-state index < -0.39 is 0 Å². The smallest absolute Gasteiger partial charge is 0.261 e. The van der Waals surface area contributed by atoms with Gasteiger partial charge in [0.05, 0.1) is 23.6 Å². The molecule has 3 heterocycles. The van der Waals surface area contributed by atoms with E-state index in [0.717, 1.165) is 26.6 Å². The van der Waals surface area contributed by atoms with Crippen molar-refractivity contribution in [1.29, 1.82) is 0 Å². The predicted molar refractivity (Wildman–Crippen MR) is 123 cm³/mol. The van der Waals surface area contributed by atoms with Crippen LogP contribution in [0.3, 0.4) is 0 Å². The lowest BCUT2D eigenvalue weighted by molar-refractivity contribution is -0.0221. The molecule has 158 valence electrons. The highest BCUT2D eigenvalue weighted by Crippen LogP contribution is 2.38. The lowest BCUT2D eigenvalue weighted by Gasteiger charge is -2.33. The number of carbonyl (C=O) groups is 2. The fraction of sp³-hybridized carbons (Fsp3) is 0.250. The van der Waals surface area contributed by atoms with Crippen molar-refractivity contribution < 1.29 is 14.3 Å². The number of aromatic nitrogens is 1. The van der Waals surface area contributed by atoms with Gasteiger partial charge in [0, 0.05) is 48.0 Å². The average Bonchev–Trinajstić information content (AvgIpc) is 3.36. The van der Waals surface area contributed by atoms with Crippen LogP contribution in [0.1, 0.15) is 31.7 Å². The molecule has 0 spiro atoms. The molecule has 7 heteroatoms. The molecule has 5 rings (SSSR count). The average molecular weight is 434 g/mol. The summed E-state index contributed by atoms with van der Waals surface area (Å²) >= 11 is 1.46. The number of hydrogen-bond acceptors (Lipinski definition) is 4. The highest BCUT2D eigenvalue weighted by atomic mass is 32.1. The molecule has 2 aromatic heterocycles. The summed E-state index contributed by atoms with van der Waals surface area (Å²) in [7, 11) is 3.59. The quantitative estimate of drug-likeness (QED) is 0.532. The Morgan fingerprint density at radius 2 is 1.84 bits per heavy atom. The number of morpholine rings is 1. The molecule has 1 atom stereocenters. The first-order valence-electron chi connectivity index (χ1n) is 10.3. The Morgan fingerprint density at radius 3 is 2.65 bits per heavy atom. The Bertz CT molecular complexity index is 1310. The first-order chi connectivity index (χ1) is 15.1. The summed E-state index contributed by atoms with van der Waals surface area (Å²) < 4.78 is 9.12. The summed E-state index contributed by atoms with van der Waals surface area (Å²) in [4.78, 5) is 28.5. The maximum absolute atomic E-state index is 13.5. The van der Waals surface area contributed by atoms with Crippen molar-refractivity contribution in [2.24, 2.45) is 7.05 Å². The predicted octanol–water partition coefficient (Wildman–Crippen LogP) is 3.97. The minimum atomic E-state index is -0.351. The van der Waals surface area contributed by atoms with Crippen molar-refractivity contribution in [3.63, 3.8) is 0 Å². The molecule has 6 nitrogen and oxygen atoms in total. The molecular weight excluding hydrogens is 410 g/mol. The van der Waals surface area contributed by atoms with Gasteiger partial charge >= 0.3 is 0 Å². The number of ether oxygens (including phenoxy) is 1. The molecule has 4 aromatic rings. The number of benzene rings is 2. The van der Waals surface area contributed by atoms with Crippen molar-refractivity contribution in [3.8, 4) is 0 Å². The van der Waals surface area contributed by atoms with Crippen molar-refractivity contribution in [2.75, 3.05) is 26.7 Å². The van der Waals surface area contributed by atoms with Crippen molar-refractivity contribution >= 4 is 44.1 Å². The second kappa shape index (κ2) is 7.83. The number of nitrogens with one attached hydrogen (secondary N) is 1. The van der Waals surface area contributed by atoms with Crippen LogP contribution in [-0.2, 0) is 11.8 Å². The van der Waals surface area contributed by atoms with E-state index in [1.807, 2.05) is 71.2 Å². The van der Waals surface area contributed by atoms with Crippen molar-refractivity contribution in [3.05, 3.63) is 70.7 Å². The Hall–Kier alpha value is -3.16. The van der Waals surface area contributed by atoms with Gasteiger partial charge in [-0.3, -0.25) is 9.59 Å². The summed E-state index contributed by atoms with van der Waals surface area (Å²) in [5.74, 6) is -0.136. The second-order valence-corrected chi connectivity index (χ2v) is 8.75. The molecule has 1 saturated heterocycles. The van der Waals surface area contributed by atoms with Gasteiger partial charge < -0.3 is 19.5 Å². The molecular formula is C24H23N3O3S. The van der Waals surface area contributed by atoms with Crippen LogP contribution < -0.4 is 5.32 Å². The van der Waals surface area contributed by atoms with Crippen LogP contribution in [0, 0.1) is 0 Å². The fourth-order valence-electron chi connectivity index (χ4n) is 4.36. The molecule has 1 unspecified atom stereocenters. The second-order valence-electron chi connectivity index (χ2n) is 7.70. The first kappa shape index (κ1) is 19.8. The zero-order chi connectivity index (χ0) is 21.5. The molecule has 31 heavy (non-hydrogen) atoms. The zero-order valence-electron chi connectivity index (χ0n) is 17.4. The number of nitrogens with zero attached hydrogens (tertiary/aromatic N) is 2. The van der Waals surface area contributed by atoms with Gasteiger partial charge in [-0.1, -0.05) is 36.4 Å². The molecule has 1 N–H and O–H groups in total. The topological polar surface area (TPSA) is 63.6 Å². The number of fused-ring (bicyclic) bond motifs is 2. The van der Waals surface area contributed by atoms with Gasteiger partial charge in [-0.15, -0.1) is 11.3 Å². The Morgan fingerprint density at radius 1 is 1.10 bits per heavy atom. The fourth-order valence-corrected chi connectivity index (χ4v) is 5.56. The summed E-state index contributed by atoms with van der Waals surface area (Å²) in [5, 5.41) is 4.70. The highest BCUT2D eigenvalue weighted by Gasteiger charge is 2.32. The van der Waals surface area contributed by atoms with Crippen LogP contribution in [0.25, 0.3) is 21.0 Å². The van der Waals surface area contributed by atoms with Crippen LogP contribution in [0.4, 0.5) is 0 Å². The maximum Gasteiger partial charge on any atom is 0.261 e. The van der Waals surface area contributed by atoms with E-state index in [1.54, 1.807) is 7.05 Å². The van der Waals surface area contributed by atoms with E-state index in [-0.39, 0.29) is 17.9 Å². The third-order valence-corrected chi connectivity index (χ3v) is 7.06. The van der Waals surface area contributed by atoms with Gasteiger partial charge in [-0.2, -0.15) is 0 Å². The SMILES string of the molecule is CNC(=O)c1sc2ccccc2c1C1CN(C(=O)c2cn(C)c3ccccc23)CCO1. The van der Waals surface area contributed by atoms with E-state index in [1.165, 1.54) is 11.3 Å². The number of thiophene rings is 1. The molecule has 1 aliphatic heterocycles. The lowest BCUT2D eigenvalue weighted by Crippen LogP contribution is -2.42. The van der Waals surface area contributed by atoms with Gasteiger partial charge in [0.15, 0.2) is 0 Å². The normalized spacial score (nSPS) is 16.7. The number of hydrogen-bond donors (Lipinski definition) is 1. The molecule has 1 aliphatic rings. The van der Waals surface area contributed by atoms with E-state index in [4.69, 9.17) is 4.74 Å². The Kier molecular flexibility index (Phi) is 5.00. The van der Waals surface area contributed by atoms with Gasteiger partial charge in [-0.05, 0) is 17.5 Å². The molecule has 0 saturated carbocycles. The zero-order valence-corrected chi connectivity index (χ0v) is 18.2. The van der Waals surface area contributed by atoms with Gasteiger partial charge in [0.25, 0.3) is 11.8 Å². The van der Waals surface area contributed by atoms with Crippen LogP contribution in [0.5, 0.6) is 0 Å². The van der Waals surface area contributed by atoms with Crippen LogP contribution >= 0.6 is 11.3 Å². The van der Waals surface area contributed by atoms with E-state index in [0.29, 0.717) is 30.1 Å². The third kappa shape index (κ3) is 3.30. The minimum Gasteiger partial charge on any atom is -0.370 e. The maximum atomic E-state index is 13.5. The summed E-state index contributed by atoms with van der Waals surface area (Å²) in [6, 6.07) is 15.9. The monoisotopic (exact) mass is 433 g/mol. The molecule has 0 aliphatic carbocycles. The first-order valence-corrected chi connectivity index (χ1v) is 11.1. The summed E-state index contributed by atoms with van der Waals surface area (Å²) in [5.41, 5.74) is 2.59. The number of para-hydroxylation sites is 1. The van der Waals surface area contributed by atoms with Crippen LogP contribution in [-0.4, -0.2) is 48.0 Å². The highest BCUT2D eigenvalue weighted by molar-refractivity contribution is 7.21. The van der Waals surface area contributed by atoms with E-state index in [9.17, 15) is 9.59 Å². The third-order valence-electron chi connectivity index (χ3n) is 5.87.